The molecule has 0 amide bonds. The smallest absolute Gasteiger partial charge is 0.223 e. The Balaban J connectivity index is 1.30. The molecule has 3 fully saturated rings. The van der Waals surface area contributed by atoms with Crippen molar-refractivity contribution >= 4 is 34.3 Å². The van der Waals surface area contributed by atoms with Gasteiger partial charge in [-0.25, -0.2) is 15.0 Å². The first-order valence-corrected chi connectivity index (χ1v) is 13.2. The molecular formula is C27H31ClN6O4. The van der Waals surface area contributed by atoms with Crippen molar-refractivity contribution in [1.29, 1.82) is 0 Å². The molecule has 3 saturated heterocycles. The fraction of sp³-hybridized carbons (Fsp3) is 0.444. The molecule has 0 radical (unpaired) electrons. The zero-order valence-electron chi connectivity index (χ0n) is 21.2. The summed E-state index contributed by atoms with van der Waals surface area (Å²) in [6.07, 6.45) is 5.84. The van der Waals surface area contributed by atoms with Gasteiger partial charge in [-0.2, -0.15) is 0 Å². The number of fused-ring (bicyclic) bond motifs is 1. The molecule has 0 bridgehead atoms. The monoisotopic (exact) mass is 538 g/mol. The molecular weight excluding hydrogens is 508 g/mol. The lowest BCUT2D eigenvalue weighted by atomic mass is 10.1. The highest BCUT2D eigenvalue weighted by Crippen LogP contribution is 2.36. The molecule has 3 N–H and O–H groups in total. The van der Waals surface area contributed by atoms with Gasteiger partial charge in [-0.15, -0.1) is 6.58 Å². The Bertz CT molecular complexity index is 1320. The van der Waals surface area contributed by atoms with E-state index in [4.69, 9.17) is 40.5 Å². The van der Waals surface area contributed by atoms with Crippen LogP contribution >= 0.6 is 11.6 Å². The molecule has 3 aromatic rings. The minimum atomic E-state index is -0.0271. The van der Waals surface area contributed by atoms with E-state index < -0.39 is 0 Å². The number of hydrogen-bond acceptors (Lipinski definition) is 10. The lowest BCUT2D eigenvalue weighted by Gasteiger charge is -2.20. The van der Waals surface area contributed by atoms with Crippen molar-refractivity contribution in [3.05, 3.63) is 48.1 Å². The maximum absolute atomic E-state index is 6.64. The third-order valence-corrected chi connectivity index (χ3v) is 7.47. The first kappa shape index (κ1) is 25.3. The maximum Gasteiger partial charge on any atom is 0.223 e. The third kappa shape index (κ3) is 5.27. The van der Waals surface area contributed by atoms with Crippen LogP contribution in [-0.4, -0.2) is 78.9 Å². The van der Waals surface area contributed by atoms with Crippen LogP contribution in [0.2, 0.25) is 5.02 Å². The Hall–Kier alpha value is -3.02. The molecule has 10 nitrogen and oxygen atoms in total. The SMILES string of the molecule is C=CC1OC1N[C@H]1COC[C@H]1Nc1ncc2cc(-c3cccc(OC)c3Cl)nc(NCC3CCCO3)c2n1. The topological polar surface area (TPSA) is 115 Å². The van der Waals surface area contributed by atoms with E-state index in [1.807, 2.05) is 24.3 Å². The van der Waals surface area contributed by atoms with E-state index in [-0.39, 0.29) is 30.5 Å². The van der Waals surface area contributed by atoms with Crippen molar-refractivity contribution in [3.8, 4) is 17.0 Å². The summed E-state index contributed by atoms with van der Waals surface area (Å²) in [7, 11) is 1.60. The van der Waals surface area contributed by atoms with Gasteiger partial charge in [0.2, 0.25) is 5.95 Å². The zero-order chi connectivity index (χ0) is 26.1. The summed E-state index contributed by atoms with van der Waals surface area (Å²) in [4.78, 5) is 14.4. The van der Waals surface area contributed by atoms with Crippen LogP contribution in [0.15, 0.2) is 43.1 Å². The second-order valence-electron chi connectivity index (χ2n) is 9.64. The van der Waals surface area contributed by atoms with E-state index in [2.05, 4.69) is 27.5 Å². The highest BCUT2D eigenvalue weighted by molar-refractivity contribution is 6.34. The van der Waals surface area contributed by atoms with Crippen molar-refractivity contribution < 1.29 is 18.9 Å². The number of pyridine rings is 1. The van der Waals surface area contributed by atoms with Gasteiger partial charge < -0.3 is 29.6 Å². The highest BCUT2D eigenvalue weighted by Gasteiger charge is 2.41. The molecule has 0 spiro atoms. The third-order valence-electron chi connectivity index (χ3n) is 7.08. The molecule has 2 aromatic heterocycles. The highest BCUT2D eigenvalue weighted by atomic mass is 35.5. The van der Waals surface area contributed by atoms with Crippen molar-refractivity contribution in [1.82, 2.24) is 20.3 Å². The summed E-state index contributed by atoms with van der Waals surface area (Å²) >= 11 is 6.64. The van der Waals surface area contributed by atoms with Gasteiger partial charge in [-0.05, 0) is 25.0 Å². The van der Waals surface area contributed by atoms with Crippen molar-refractivity contribution in [2.24, 2.45) is 0 Å². The Labute approximate surface area is 226 Å². The molecule has 0 saturated carbocycles. The lowest BCUT2D eigenvalue weighted by Crippen LogP contribution is -2.45. The zero-order valence-corrected chi connectivity index (χ0v) is 21.9. The van der Waals surface area contributed by atoms with Crippen molar-refractivity contribution in [2.45, 2.75) is 43.4 Å². The van der Waals surface area contributed by atoms with Gasteiger partial charge in [0.05, 0.1) is 49.2 Å². The van der Waals surface area contributed by atoms with Crippen LogP contribution in [0.4, 0.5) is 11.8 Å². The van der Waals surface area contributed by atoms with Gasteiger partial charge in [-0.1, -0.05) is 29.8 Å². The Morgan fingerprint density at radius 1 is 1.24 bits per heavy atom. The van der Waals surface area contributed by atoms with Gasteiger partial charge in [-0.3, -0.25) is 5.32 Å². The number of aromatic nitrogens is 3. The Kier molecular flexibility index (Phi) is 7.31. The molecule has 0 aliphatic carbocycles. The Morgan fingerprint density at radius 2 is 2.13 bits per heavy atom. The number of methoxy groups -OCH3 is 1. The predicted molar refractivity (Wildman–Crippen MR) is 146 cm³/mol. The average Bonchev–Trinajstić information content (AvgIpc) is 3.25. The van der Waals surface area contributed by atoms with Crippen LogP contribution in [0.1, 0.15) is 12.8 Å². The number of ether oxygens (including phenoxy) is 4. The summed E-state index contributed by atoms with van der Waals surface area (Å²) in [6, 6.07) is 7.65. The number of nitrogens with one attached hydrogen (secondary N) is 3. The maximum atomic E-state index is 6.64. The molecule has 3 aliphatic rings. The number of halogens is 1. The molecule has 11 heteroatoms. The van der Waals surface area contributed by atoms with Crippen LogP contribution in [0.3, 0.4) is 0 Å². The van der Waals surface area contributed by atoms with E-state index in [1.54, 1.807) is 19.4 Å². The number of anilines is 2. The molecule has 3 aliphatic heterocycles. The number of rotatable bonds is 10. The number of hydrogen-bond donors (Lipinski definition) is 3. The van der Waals surface area contributed by atoms with E-state index in [0.29, 0.717) is 53.5 Å². The lowest BCUT2D eigenvalue weighted by molar-refractivity contribution is 0.120. The van der Waals surface area contributed by atoms with Crippen LogP contribution in [-0.2, 0) is 14.2 Å². The van der Waals surface area contributed by atoms with E-state index >= 15 is 0 Å². The van der Waals surface area contributed by atoms with Crippen LogP contribution in [0, 0.1) is 0 Å². The first-order valence-electron chi connectivity index (χ1n) is 12.9. The van der Waals surface area contributed by atoms with Crippen LogP contribution in [0.25, 0.3) is 22.2 Å². The normalized spacial score (nSPS) is 26.4. The fourth-order valence-corrected chi connectivity index (χ4v) is 5.23. The average molecular weight is 539 g/mol. The summed E-state index contributed by atoms with van der Waals surface area (Å²) in [5, 5.41) is 11.7. The van der Waals surface area contributed by atoms with Gasteiger partial charge >= 0.3 is 0 Å². The molecule has 6 rings (SSSR count). The van der Waals surface area contributed by atoms with Gasteiger partial charge in [0.1, 0.15) is 23.6 Å². The molecule has 5 atom stereocenters. The van der Waals surface area contributed by atoms with Crippen molar-refractivity contribution in [2.75, 3.05) is 44.1 Å². The van der Waals surface area contributed by atoms with Crippen LogP contribution in [0.5, 0.6) is 5.75 Å². The van der Waals surface area contributed by atoms with Crippen molar-refractivity contribution in [3.63, 3.8) is 0 Å². The summed E-state index contributed by atoms with van der Waals surface area (Å²) in [5.74, 6) is 1.74. The van der Waals surface area contributed by atoms with Gasteiger partial charge in [0.25, 0.3) is 0 Å². The summed E-state index contributed by atoms with van der Waals surface area (Å²) in [5.41, 5.74) is 2.19. The Morgan fingerprint density at radius 3 is 2.92 bits per heavy atom. The number of epoxide rings is 1. The molecule has 5 heterocycles. The standard InChI is InChI=1S/C27H31ClN6O4/c1-3-21-26(38-21)32-19-13-36-14-20(19)33-27-30-11-15-10-18(17-7-4-8-22(35-2)23(17)28)31-25(24(15)34-27)29-12-16-6-5-9-37-16/h3-4,7-8,10-11,16,19-21,26,32H,1,5-6,9,12-14H2,2H3,(H,29,31)(H,30,33,34)/t16?,19-,20+,21?,26?/m0/s1. The van der Waals surface area contributed by atoms with E-state index in [1.165, 1.54) is 0 Å². The second kappa shape index (κ2) is 11.0. The van der Waals surface area contributed by atoms with E-state index in [9.17, 15) is 0 Å². The van der Waals surface area contributed by atoms with E-state index in [0.717, 1.165) is 30.4 Å². The van der Waals surface area contributed by atoms with Gasteiger partial charge in [0.15, 0.2) is 5.82 Å². The molecule has 200 valence electrons. The molecule has 3 unspecified atom stereocenters. The molecule has 38 heavy (non-hydrogen) atoms. The fourth-order valence-electron chi connectivity index (χ4n) is 4.93. The minimum absolute atomic E-state index is 0.00626. The number of benzene rings is 1. The number of nitrogens with zero attached hydrogens (tertiary/aromatic N) is 3. The predicted octanol–water partition coefficient (Wildman–Crippen LogP) is 3.62. The van der Waals surface area contributed by atoms with Crippen LogP contribution < -0.4 is 20.7 Å². The molecule has 1 aromatic carbocycles. The van der Waals surface area contributed by atoms with Gasteiger partial charge in [0, 0.05) is 30.3 Å². The quantitative estimate of drug-likeness (QED) is 0.261. The first-order chi connectivity index (χ1) is 18.6. The summed E-state index contributed by atoms with van der Waals surface area (Å²) in [6.45, 7) is 6.33. The second-order valence-corrected chi connectivity index (χ2v) is 10.0. The minimum Gasteiger partial charge on any atom is -0.495 e. The largest absolute Gasteiger partial charge is 0.495 e. The summed E-state index contributed by atoms with van der Waals surface area (Å²) < 4.78 is 22.5.